The van der Waals surface area contributed by atoms with Gasteiger partial charge in [-0.15, -0.1) is 0 Å². The number of aromatic nitrogens is 1. The van der Waals surface area contributed by atoms with Crippen LogP contribution in [0.4, 0.5) is 0 Å². The minimum atomic E-state index is -0.819. The fraction of sp³-hybridized carbons (Fsp3) is 0.538. The number of nitrogens with zero attached hydrogens (tertiary/aromatic N) is 3. The molecular formula is C13H21N3O3. The second kappa shape index (κ2) is 7.70. The summed E-state index contributed by atoms with van der Waals surface area (Å²) in [6.07, 6.45) is 1.71. The monoisotopic (exact) mass is 267 g/mol. The van der Waals surface area contributed by atoms with E-state index in [1.807, 2.05) is 30.0 Å². The molecule has 1 aromatic rings. The Morgan fingerprint density at radius 1 is 1.37 bits per heavy atom. The molecule has 19 heavy (non-hydrogen) atoms. The van der Waals surface area contributed by atoms with E-state index < -0.39 is 5.97 Å². The molecule has 6 heteroatoms. The third kappa shape index (κ3) is 6.17. The molecule has 0 spiro atoms. The van der Waals surface area contributed by atoms with E-state index in [9.17, 15) is 4.79 Å². The summed E-state index contributed by atoms with van der Waals surface area (Å²) in [4.78, 5) is 18.9. The average Bonchev–Trinajstić information content (AvgIpc) is 2.36. The van der Waals surface area contributed by atoms with Crippen LogP contribution >= 0.6 is 0 Å². The molecule has 0 atom stereocenters. The van der Waals surface area contributed by atoms with Crippen molar-refractivity contribution in [2.45, 2.75) is 6.54 Å². The second-order valence-electron chi connectivity index (χ2n) is 4.62. The van der Waals surface area contributed by atoms with Gasteiger partial charge < -0.3 is 14.7 Å². The van der Waals surface area contributed by atoms with Crippen LogP contribution in [-0.4, -0.2) is 66.7 Å². The summed E-state index contributed by atoms with van der Waals surface area (Å²) in [5.41, 5.74) is 0.973. The SMILES string of the molecule is COc1ccc(CN(CCN(C)C)CC(=O)O)cn1. The minimum Gasteiger partial charge on any atom is -0.481 e. The lowest BCUT2D eigenvalue weighted by atomic mass is 10.2. The van der Waals surface area contributed by atoms with Crippen molar-refractivity contribution in [1.82, 2.24) is 14.8 Å². The maximum absolute atomic E-state index is 10.9. The predicted octanol–water partition coefficient (Wildman–Crippen LogP) is 0.538. The van der Waals surface area contributed by atoms with Crippen molar-refractivity contribution in [3.8, 4) is 5.88 Å². The Labute approximate surface area is 113 Å². The van der Waals surface area contributed by atoms with Crippen molar-refractivity contribution in [2.24, 2.45) is 0 Å². The number of likely N-dealkylation sites (N-methyl/N-ethyl adjacent to an activating group) is 1. The van der Waals surface area contributed by atoms with Crippen LogP contribution < -0.4 is 4.74 Å². The Hall–Kier alpha value is -1.66. The number of rotatable bonds is 8. The molecule has 1 N–H and O–H groups in total. The number of aliphatic carboxylic acids is 1. The maximum atomic E-state index is 10.9. The summed E-state index contributed by atoms with van der Waals surface area (Å²) in [6, 6.07) is 3.68. The molecule has 0 radical (unpaired) electrons. The molecule has 0 saturated heterocycles. The topological polar surface area (TPSA) is 65.9 Å². The summed E-state index contributed by atoms with van der Waals surface area (Å²) in [6.45, 7) is 2.11. The number of carbonyl (C=O) groups is 1. The molecule has 0 aliphatic rings. The van der Waals surface area contributed by atoms with Crippen LogP contribution in [-0.2, 0) is 11.3 Å². The molecule has 106 valence electrons. The van der Waals surface area contributed by atoms with Gasteiger partial charge in [-0.1, -0.05) is 6.07 Å². The zero-order chi connectivity index (χ0) is 14.3. The third-order valence-corrected chi connectivity index (χ3v) is 2.64. The highest BCUT2D eigenvalue weighted by Crippen LogP contribution is 2.09. The fourth-order valence-corrected chi connectivity index (χ4v) is 1.63. The molecule has 0 fully saturated rings. The van der Waals surface area contributed by atoms with Gasteiger partial charge in [-0.05, 0) is 19.7 Å². The lowest BCUT2D eigenvalue weighted by Gasteiger charge is -2.22. The Balaban J connectivity index is 2.61. The molecule has 1 heterocycles. The van der Waals surface area contributed by atoms with Crippen molar-refractivity contribution in [3.63, 3.8) is 0 Å². The first-order valence-corrected chi connectivity index (χ1v) is 6.09. The summed E-state index contributed by atoms with van der Waals surface area (Å²) < 4.78 is 4.99. The zero-order valence-electron chi connectivity index (χ0n) is 11.7. The number of carboxylic acids is 1. The molecular weight excluding hydrogens is 246 g/mol. The van der Waals surface area contributed by atoms with Gasteiger partial charge in [0.2, 0.25) is 5.88 Å². The van der Waals surface area contributed by atoms with E-state index >= 15 is 0 Å². The van der Waals surface area contributed by atoms with Crippen molar-refractivity contribution in [2.75, 3.05) is 40.8 Å². The number of carboxylic acid groups (broad SMARTS) is 1. The van der Waals surface area contributed by atoms with Crippen molar-refractivity contribution < 1.29 is 14.6 Å². The van der Waals surface area contributed by atoms with E-state index in [0.29, 0.717) is 19.0 Å². The van der Waals surface area contributed by atoms with E-state index in [2.05, 4.69) is 4.98 Å². The highest BCUT2D eigenvalue weighted by Gasteiger charge is 2.11. The summed E-state index contributed by atoms with van der Waals surface area (Å²) in [5, 5.41) is 8.92. The molecule has 1 aromatic heterocycles. The van der Waals surface area contributed by atoms with Gasteiger partial charge in [-0.3, -0.25) is 9.69 Å². The van der Waals surface area contributed by atoms with Crippen LogP contribution in [0.5, 0.6) is 5.88 Å². The van der Waals surface area contributed by atoms with Crippen LogP contribution in [0.2, 0.25) is 0 Å². The van der Waals surface area contributed by atoms with Gasteiger partial charge >= 0.3 is 5.97 Å². The Kier molecular flexibility index (Phi) is 6.24. The number of hydrogen-bond donors (Lipinski definition) is 1. The third-order valence-electron chi connectivity index (χ3n) is 2.64. The lowest BCUT2D eigenvalue weighted by molar-refractivity contribution is -0.138. The Morgan fingerprint density at radius 3 is 2.58 bits per heavy atom. The highest BCUT2D eigenvalue weighted by atomic mass is 16.5. The molecule has 0 saturated carbocycles. The Bertz CT molecular complexity index is 393. The van der Waals surface area contributed by atoms with E-state index in [1.54, 1.807) is 19.4 Å². The smallest absolute Gasteiger partial charge is 0.317 e. The van der Waals surface area contributed by atoms with E-state index in [4.69, 9.17) is 9.84 Å². The zero-order valence-corrected chi connectivity index (χ0v) is 11.7. The van der Waals surface area contributed by atoms with Crippen molar-refractivity contribution in [3.05, 3.63) is 23.9 Å². The summed E-state index contributed by atoms with van der Waals surface area (Å²) in [7, 11) is 5.50. The molecule has 0 amide bonds. The number of pyridine rings is 1. The highest BCUT2D eigenvalue weighted by molar-refractivity contribution is 5.69. The molecule has 0 bridgehead atoms. The quantitative estimate of drug-likeness (QED) is 0.741. The van der Waals surface area contributed by atoms with Gasteiger partial charge in [-0.2, -0.15) is 0 Å². The van der Waals surface area contributed by atoms with E-state index in [0.717, 1.165) is 12.1 Å². The minimum absolute atomic E-state index is 0.0276. The molecule has 1 rings (SSSR count). The fourth-order valence-electron chi connectivity index (χ4n) is 1.63. The maximum Gasteiger partial charge on any atom is 0.317 e. The van der Waals surface area contributed by atoms with Gasteiger partial charge in [0.1, 0.15) is 0 Å². The number of methoxy groups -OCH3 is 1. The average molecular weight is 267 g/mol. The van der Waals surface area contributed by atoms with Crippen LogP contribution in [0.15, 0.2) is 18.3 Å². The van der Waals surface area contributed by atoms with Crippen LogP contribution in [0, 0.1) is 0 Å². The van der Waals surface area contributed by atoms with E-state index in [-0.39, 0.29) is 6.54 Å². The molecule has 0 aromatic carbocycles. The van der Waals surface area contributed by atoms with Gasteiger partial charge in [0.15, 0.2) is 0 Å². The van der Waals surface area contributed by atoms with Crippen LogP contribution in [0.3, 0.4) is 0 Å². The van der Waals surface area contributed by atoms with Crippen molar-refractivity contribution >= 4 is 5.97 Å². The second-order valence-corrected chi connectivity index (χ2v) is 4.62. The van der Waals surface area contributed by atoms with Crippen LogP contribution in [0.1, 0.15) is 5.56 Å². The first-order valence-electron chi connectivity index (χ1n) is 6.09. The lowest BCUT2D eigenvalue weighted by Crippen LogP contribution is -2.35. The predicted molar refractivity (Wildman–Crippen MR) is 72.3 cm³/mol. The largest absolute Gasteiger partial charge is 0.481 e. The molecule has 6 nitrogen and oxygen atoms in total. The van der Waals surface area contributed by atoms with Gasteiger partial charge in [0.05, 0.1) is 13.7 Å². The number of hydrogen-bond acceptors (Lipinski definition) is 5. The molecule has 0 unspecified atom stereocenters. The molecule has 0 aliphatic carbocycles. The van der Waals surface area contributed by atoms with Gasteiger partial charge in [0.25, 0.3) is 0 Å². The first-order chi connectivity index (χ1) is 9.01. The number of ether oxygens (including phenoxy) is 1. The van der Waals surface area contributed by atoms with E-state index in [1.165, 1.54) is 0 Å². The Morgan fingerprint density at radius 2 is 2.11 bits per heavy atom. The first kappa shape index (κ1) is 15.4. The summed E-state index contributed by atoms with van der Waals surface area (Å²) >= 11 is 0. The van der Waals surface area contributed by atoms with Gasteiger partial charge in [-0.25, -0.2) is 4.98 Å². The standard InChI is InChI=1S/C13H21N3O3/c1-15(2)6-7-16(10-13(17)18)9-11-4-5-12(19-3)14-8-11/h4-5,8H,6-7,9-10H2,1-3H3,(H,17,18). The van der Waals surface area contributed by atoms with Crippen molar-refractivity contribution in [1.29, 1.82) is 0 Å². The van der Waals surface area contributed by atoms with Gasteiger partial charge in [0, 0.05) is 31.9 Å². The van der Waals surface area contributed by atoms with Crippen LogP contribution in [0.25, 0.3) is 0 Å². The normalized spacial score (nSPS) is 11.0. The summed E-state index contributed by atoms with van der Waals surface area (Å²) in [5.74, 6) is -0.262. The molecule has 0 aliphatic heterocycles.